The summed E-state index contributed by atoms with van der Waals surface area (Å²) in [5.41, 5.74) is 2.04. The standard InChI is InChI=1S/C21H24F2N2O/c1-24(2)14-15-9-11-16(12-10-15)19-8-3-4-13-25(19)21(26)17-6-5-7-18(22)20(17)23/h5-7,9-12,19H,3-4,8,13-14H2,1-2H3/t19-/m1/s1. The van der Waals surface area contributed by atoms with Gasteiger partial charge in [-0.2, -0.15) is 0 Å². The van der Waals surface area contributed by atoms with E-state index < -0.39 is 17.5 Å². The van der Waals surface area contributed by atoms with Gasteiger partial charge in [0.15, 0.2) is 11.6 Å². The molecule has 1 aliphatic heterocycles. The van der Waals surface area contributed by atoms with Crippen LogP contribution >= 0.6 is 0 Å². The highest BCUT2D eigenvalue weighted by Gasteiger charge is 2.30. The third kappa shape index (κ3) is 3.93. The number of halogens is 2. The van der Waals surface area contributed by atoms with Crippen molar-refractivity contribution in [2.45, 2.75) is 31.8 Å². The molecule has 0 saturated carbocycles. The number of hydrogen-bond donors (Lipinski definition) is 0. The average molecular weight is 358 g/mol. The van der Waals surface area contributed by atoms with Crippen LogP contribution in [0, 0.1) is 11.6 Å². The van der Waals surface area contributed by atoms with Gasteiger partial charge in [-0.1, -0.05) is 30.3 Å². The van der Waals surface area contributed by atoms with Gasteiger partial charge in [0.1, 0.15) is 0 Å². The molecule has 0 unspecified atom stereocenters. The van der Waals surface area contributed by atoms with E-state index in [0.717, 1.165) is 37.4 Å². The number of likely N-dealkylation sites (tertiary alicyclic amines) is 1. The summed E-state index contributed by atoms with van der Waals surface area (Å²) >= 11 is 0. The van der Waals surface area contributed by atoms with Crippen molar-refractivity contribution in [3.05, 3.63) is 70.8 Å². The van der Waals surface area contributed by atoms with E-state index in [4.69, 9.17) is 0 Å². The van der Waals surface area contributed by atoms with Crippen molar-refractivity contribution in [2.24, 2.45) is 0 Å². The first-order chi connectivity index (χ1) is 12.5. The number of nitrogens with zero attached hydrogens (tertiary/aromatic N) is 2. The number of piperidine rings is 1. The molecule has 1 atom stereocenters. The molecule has 3 rings (SSSR count). The van der Waals surface area contributed by atoms with Gasteiger partial charge in [0, 0.05) is 13.1 Å². The van der Waals surface area contributed by atoms with Crippen LogP contribution in [0.2, 0.25) is 0 Å². The lowest BCUT2D eigenvalue weighted by Crippen LogP contribution is -2.39. The molecular weight excluding hydrogens is 334 g/mol. The molecule has 0 bridgehead atoms. The number of rotatable bonds is 4. The molecule has 0 radical (unpaired) electrons. The maximum Gasteiger partial charge on any atom is 0.257 e. The zero-order valence-electron chi connectivity index (χ0n) is 15.2. The molecule has 0 N–H and O–H groups in total. The predicted molar refractivity (Wildman–Crippen MR) is 97.8 cm³/mol. The second-order valence-electron chi connectivity index (χ2n) is 7.09. The topological polar surface area (TPSA) is 23.6 Å². The maximum atomic E-state index is 14.1. The highest BCUT2D eigenvalue weighted by molar-refractivity contribution is 5.94. The van der Waals surface area contributed by atoms with Crippen molar-refractivity contribution in [3.8, 4) is 0 Å². The quantitative estimate of drug-likeness (QED) is 0.809. The molecule has 3 nitrogen and oxygen atoms in total. The lowest BCUT2D eigenvalue weighted by atomic mass is 9.93. The fraction of sp³-hybridized carbons (Fsp3) is 0.381. The molecule has 1 fully saturated rings. The predicted octanol–water partition coefficient (Wildman–Crippen LogP) is 4.39. The van der Waals surface area contributed by atoms with Crippen LogP contribution in [0.4, 0.5) is 8.78 Å². The summed E-state index contributed by atoms with van der Waals surface area (Å²) in [5, 5.41) is 0. The van der Waals surface area contributed by atoms with E-state index in [0.29, 0.717) is 6.54 Å². The third-order valence-corrected chi connectivity index (χ3v) is 4.81. The van der Waals surface area contributed by atoms with E-state index in [1.807, 2.05) is 26.2 Å². The van der Waals surface area contributed by atoms with Gasteiger partial charge in [0.2, 0.25) is 0 Å². The molecule has 2 aromatic rings. The Morgan fingerprint density at radius 1 is 1.12 bits per heavy atom. The van der Waals surface area contributed by atoms with E-state index in [9.17, 15) is 13.6 Å². The van der Waals surface area contributed by atoms with Crippen molar-refractivity contribution >= 4 is 5.91 Å². The Kier molecular flexibility index (Phi) is 5.67. The highest BCUT2D eigenvalue weighted by Crippen LogP contribution is 2.33. The summed E-state index contributed by atoms with van der Waals surface area (Å²) in [4.78, 5) is 16.7. The van der Waals surface area contributed by atoms with Crippen LogP contribution in [-0.4, -0.2) is 36.3 Å². The average Bonchev–Trinajstić information content (AvgIpc) is 2.64. The Bertz CT molecular complexity index is 774. The minimum Gasteiger partial charge on any atom is -0.332 e. The minimum atomic E-state index is -1.07. The zero-order chi connectivity index (χ0) is 18.7. The smallest absolute Gasteiger partial charge is 0.257 e. The van der Waals surface area contributed by atoms with Crippen molar-refractivity contribution in [2.75, 3.05) is 20.6 Å². The van der Waals surface area contributed by atoms with Gasteiger partial charge >= 0.3 is 0 Å². The van der Waals surface area contributed by atoms with Crippen molar-refractivity contribution in [3.63, 3.8) is 0 Å². The molecule has 1 amide bonds. The Balaban J connectivity index is 1.86. The molecule has 1 heterocycles. The molecule has 0 aliphatic carbocycles. The van der Waals surface area contributed by atoms with Crippen molar-refractivity contribution in [1.29, 1.82) is 0 Å². The Morgan fingerprint density at radius 2 is 1.85 bits per heavy atom. The molecule has 26 heavy (non-hydrogen) atoms. The minimum absolute atomic E-state index is 0.104. The molecular formula is C21H24F2N2O. The molecule has 1 aliphatic rings. The molecule has 5 heteroatoms. The normalized spacial score (nSPS) is 17.6. The van der Waals surface area contributed by atoms with Crippen LogP contribution in [0.5, 0.6) is 0 Å². The fourth-order valence-electron chi connectivity index (χ4n) is 3.56. The summed E-state index contributed by atoms with van der Waals surface area (Å²) in [7, 11) is 4.03. The molecule has 0 aromatic heterocycles. The maximum absolute atomic E-state index is 14.1. The van der Waals surface area contributed by atoms with E-state index in [-0.39, 0.29) is 11.6 Å². The van der Waals surface area contributed by atoms with E-state index in [2.05, 4.69) is 17.0 Å². The van der Waals surface area contributed by atoms with Crippen LogP contribution in [-0.2, 0) is 6.54 Å². The third-order valence-electron chi connectivity index (χ3n) is 4.81. The first-order valence-electron chi connectivity index (χ1n) is 8.96. The summed E-state index contributed by atoms with van der Waals surface area (Å²) in [5.74, 6) is -2.50. The summed E-state index contributed by atoms with van der Waals surface area (Å²) in [6, 6.07) is 11.9. The number of benzene rings is 2. The van der Waals surface area contributed by atoms with E-state index in [1.54, 1.807) is 4.90 Å². The van der Waals surface area contributed by atoms with Gasteiger partial charge in [-0.05, 0) is 56.6 Å². The lowest BCUT2D eigenvalue weighted by Gasteiger charge is -2.36. The second-order valence-corrected chi connectivity index (χ2v) is 7.09. The number of amides is 1. The van der Waals surface area contributed by atoms with Crippen LogP contribution in [0.25, 0.3) is 0 Å². The van der Waals surface area contributed by atoms with Crippen molar-refractivity contribution < 1.29 is 13.6 Å². The Labute approximate surface area is 153 Å². The monoisotopic (exact) mass is 358 g/mol. The lowest BCUT2D eigenvalue weighted by molar-refractivity contribution is 0.0605. The van der Waals surface area contributed by atoms with Gasteiger partial charge in [-0.3, -0.25) is 4.79 Å². The largest absolute Gasteiger partial charge is 0.332 e. The van der Waals surface area contributed by atoms with Crippen LogP contribution < -0.4 is 0 Å². The SMILES string of the molecule is CN(C)Cc1ccc([C@H]2CCCCN2C(=O)c2cccc(F)c2F)cc1. The first kappa shape index (κ1) is 18.5. The van der Waals surface area contributed by atoms with E-state index >= 15 is 0 Å². The summed E-state index contributed by atoms with van der Waals surface area (Å²) in [6.45, 7) is 1.40. The fourth-order valence-corrected chi connectivity index (χ4v) is 3.56. The van der Waals surface area contributed by atoms with Gasteiger partial charge in [-0.15, -0.1) is 0 Å². The zero-order valence-corrected chi connectivity index (χ0v) is 15.2. The van der Waals surface area contributed by atoms with Gasteiger partial charge < -0.3 is 9.80 Å². The number of carbonyl (C=O) groups excluding carboxylic acids is 1. The molecule has 138 valence electrons. The van der Waals surface area contributed by atoms with Crippen LogP contribution in [0.3, 0.4) is 0 Å². The van der Waals surface area contributed by atoms with Crippen LogP contribution in [0.15, 0.2) is 42.5 Å². The highest BCUT2D eigenvalue weighted by atomic mass is 19.2. The molecule has 2 aromatic carbocycles. The van der Waals surface area contributed by atoms with Gasteiger partial charge in [-0.25, -0.2) is 8.78 Å². The van der Waals surface area contributed by atoms with E-state index in [1.165, 1.54) is 17.7 Å². The number of carbonyl (C=O) groups is 1. The summed E-state index contributed by atoms with van der Waals surface area (Å²) in [6.07, 6.45) is 2.72. The first-order valence-corrected chi connectivity index (χ1v) is 8.96. The van der Waals surface area contributed by atoms with Gasteiger partial charge in [0.25, 0.3) is 5.91 Å². The van der Waals surface area contributed by atoms with Crippen LogP contribution in [0.1, 0.15) is 46.8 Å². The number of hydrogen-bond acceptors (Lipinski definition) is 2. The molecule has 0 spiro atoms. The second kappa shape index (κ2) is 7.96. The Morgan fingerprint density at radius 3 is 2.54 bits per heavy atom. The molecule has 1 saturated heterocycles. The van der Waals surface area contributed by atoms with Crippen molar-refractivity contribution in [1.82, 2.24) is 9.80 Å². The Hall–Kier alpha value is -2.27. The van der Waals surface area contributed by atoms with Gasteiger partial charge in [0.05, 0.1) is 11.6 Å². The summed E-state index contributed by atoms with van der Waals surface area (Å²) < 4.78 is 27.6.